The van der Waals surface area contributed by atoms with Gasteiger partial charge >= 0.3 is 0 Å². The van der Waals surface area contributed by atoms with Crippen molar-refractivity contribution in [1.82, 2.24) is 41.4 Å². The van der Waals surface area contributed by atoms with Crippen molar-refractivity contribution in [2.45, 2.75) is 112 Å². The normalized spacial score (nSPS) is 28.4. The number of imide groups is 1. The first-order valence-corrected chi connectivity index (χ1v) is 27.2. The van der Waals surface area contributed by atoms with E-state index in [0.29, 0.717) is 11.8 Å². The minimum atomic E-state index is -2.39. The lowest BCUT2D eigenvalue weighted by atomic mass is 9.83. The lowest BCUT2D eigenvalue weighted by Gasteiger charge is -2.31. The van der Waals surface area contributed by atoms with E-state index in [1.165, 1.54) is 36.9 Å². The SMILES string of the molecule is CC[C@H](C)[C@@H]1NC(=O)CNC(=O)C2Cc3c([nH]c4cc(OCCN5C(=O)CC(SC)C5=O)ccc34)S(=O)C[C@H](NC(=O)CNC1=O)C(=O)C[C@@H](CC(N)=O)C(=O)N1C[C@H](O)C[C@H]1C(=O)C[C@@H]([C@@H](C)[C@@H](O)CO)C(=O)N2. The zero-order valence-electron chi connectivity index (χ0n) is 41.9. The number of hydrogen-bond donors (Lipinski definition) is 10. The average Bonchev–Trinajstić information content (AvgIpc) is 4.04. The molecule has 75 heavy (non-hydrogen) atoms. The first-order chi connectivity index (χ1) is 35.5. The van der Waals surface area contributed by atoms with Gasteiger partial charge in [-0.15, -0.1) is 0 Å². The monoisotopic (exact) mass is 1090 g/mol. The van der Waals surface area contributed by atoms with E-state index in [1.807, 2.05) is 0 Å². The summed E-state index contributed by atoms with van der Waals surface area (Å²) in [6, 6.07) is -1.60. The zero-order valence-corrected chi connectivity index (χ0v) is 43.6. The van der Waals surface area contributed by atoms with Gasteiger partial charge in [0.05, 0.1) is 83.8 Å². The minimum absolute atomic E-state index is 0.0494. The molecule has 2 saturated heterocycles. The maximum absolute atomic E-state index is 15.0. The molecule has 410 valence electrons. The Kier molecular flexibility index (Phi) is 19.7. The molecule has 1 aromatic heterocycles. The Bertz CT molecular complexity index is 2610. The number of nitrogens with zero attached hydrogens (tertiary/aromatic N) is 2. The molecule has 0 aliphatic carbocycles. The van der Waals surface area contributed by atoms with E-state index >= 15 is 0 Å². The van der Waals surface area contributed by atoms with Crippen LogP contribution in [-0.4, -0.2) is 192 Å². The summed E-state index contributed by atoms with van der Waals surface area (Å²) in [7, 11) is -2.39. The summed E-state index contributed by atoms with van der Waals surface area (Å²) < 4.78 is 20.9. The number of amides is 9. The molecule has 3 unspecified atom stereocenters. The van der Waals surface area contributed by atoms with Crippen LogP contribution in [-0.2, 0) is 70.0 Å². The Morgan fingerprint density at radius 3 is 2.24 bits per heavy atom. The molecule has 6 rings (SSSR count). The fraction of sp³-hybridized carbons (Fsp3) is 0.604. The number of benzene rings is 1. The summed E-state index contributed by atoms with van der Waals surface area (Å²) in [6.07, 6.45) is -3.95. The van der Waals surface area contributed by atoms with E-state index < -0.39 is 187 Å². The maximum atomic E-state index is 15.0. The van der Waals surface area contributed by atoms with Crippen LogP contribution in [0.3, 0.4) is 0 Å². The number of H-pyrrole nitrogens is 1. The number of thioether (sulfide) groups is 1. The molecule has 9 amide bonds. The molecule has 0 saturated carbocycles. The second kappa shape index (κ2) is 25.5. The van der Waals surface area contributed by atoms with Crippen LogP contribution in [0.1, 0.15) is 64.9 Å². The summed E-state index contributed by atoms with van der Waals surface area (Å²) >= 11 is 1.26. The molecule has 1 aromatic carbocycles. The van der Waals surface area contributed by atoms with E-state index in [9.17, 15) is 72.3 Å². The van der Waals surface area contributed by atoms with Crippen molar-refractivity contribution in [3.63, 3.8) is 0 Å². The Morgan fingerprint density at radius 1 is 0.893 bits per heavy atom. The lowest BCUT2D eigenvalue weighted by molar-refractivity contribution is -0.145. The van der Waals surface area contributed by atoms with E-state index in [0.717, 1.165) is 9.80 Å². The molecule has 4 aliphatic heterocycles. The van der Waals surface area contributed by atoms with Crippen molar-refractivity contribution in [3.8, 4) is 5.75 Å². The van der Waals surface area contributed by atoms with Gasteiger partial charge in [-0.3, -0.25) is 61.8 Å². The van der Waals surface area contributed by atoms with E-state index in [1.54, 1.807) is 20.1 Å². The van der Waals surface area contributed by atoms with Crippen LogP contribution < -0.4 is 37.1 Å². The number of aliphatic hydroxyl groups is 3. The summed E-state index contributed by atoms with van der Waals surface area (Å²) in [5.41, 5.74) is 5.92. The van der Waals surface area contributed by atoms with Crippen LogP contribution in [0.5, 0.6) is 5.75 Å². The van der Waals surface area contributed by atoms with Crippen molar-refractivity contribution < 1.29 is 77.0 Å². The number of primary amides is 1. The van der Waals surface area contributed by atoms with Gasteiger partial charge in [0.2, 0.25) is 53.2 Å². The van der Waals surface area contributed by atoms with Gasteiger partial charge in [0.15, 0.2) is 11.6 Å². The third-order valence-corrected chi connectivity index (χ3v) is 16.6. The molecule has 5 heterocycles. The minimum Gasteiger partial charge on any atom is -0.492 e. The molecule has 4 aliphatic rings. The van der Waals surface area contributed by atoms with Gasteiger partial charge in [-0.2, -0.15) is 11.8 Å². The fourth-order valence-electron chi connectivity index (χ4n) is 9.68. The third kappa shape index (κ3) is 14.0. The molecular formula is C48H65N9O16S2. The molecule has 2 aromatic rings. The van der Waals surface area contributed by atoms with Gasteiger partial charge in [0.1, 0.15) is 29.5 Å². The summed E-state index contributed by atoms with van der Waals surface area (Å²) in [6.45, 7) is 1.74. The first kappa shape index (κ1) is 58.0. The van der Waals surface area contributed by atoms with Crippen molar-refractivity contribution in [2.24, 2.45) is 29.4 Å². The largest absolute Gasteiger partial charge is 0.492 e. The summed E-state index contributed by atoms with van der Waals surface area (Å²) in [5.74, 6) is -14.5. The van der Waals surface area contributed by atoms with Crippen molar-refractivity contribution >= 4 is 98.2 Å². The Hall–Kier alpha value is -6.29. The van der Waals surface area contributed by atoms with Crippen LogP contribution in [0.15, 0.2) is 23.2 Å². The number of ketones is 2. The molecule has 0 spiro atoms. The molecule has 2 fully saturated rings. The number of carbonyl (C=O) groups excluding carboxylic acids is 11. The average molecular weight is 1090 g/mol. The standard InChI is InChI=1S/C48H65N9O16S2/c1-5-22(2)42-45(69)51-17-39(64)52-32-21-75(72)46-29(27-7-6-26(13-30(27)54-46)73-9-8-56-41(66)16-37(74-4)48(56)71)14-31(44(68)50-18-40(65)55-42)53-43(67)28(23(3)36(62)20-58)15-35(61)33-12-25(59)19-57(33)47(70)24(10-34(32)60)11-38(49)63/h6-7,13,22-25,28,31-33,36-37,42,54,58-59,62H,5,8-12,14-21H2,1-4H3,(H2,49,63)(H,50,68)(H,51,69)(H,52,64)(H,53,67)(H,55,65)/t22-,23+,24-,25+,28-,31?,32-,33-,36-,37?,42-,75?/m0/s1. The van der Waals surface area contributed by atoms with Gasteiger partial charge < -0.3 is 62.3 Å². The number of aromatic amines is 1. The molecule has 27 heteroatoms. The highest BCUT2D eigenvalue weighted by atomic mass is 32.2. The second-order valence-corrected chi connectivity index (χ2v) is 21.9. The third-order valence-electron chi connectivity index (χ3n) is 14.2. The van der Waals surface area contributed by atoms with E-state index in [-0.39, 0.29) is 59.7 Å². The van der Waals surface area contributed by atoms with Crippen molar-refractivity contribution in [1.29, 1.82) is 0 Å². The number of likely N-dealkylation sites (tertiary alicyclic amines) is 1. The quantitative estimate of drug-likeness (QED) is 0.0919. The molecule has 12 atom stereocenters. The Balaban J connectivity index is 1.51. The predicted octanol–water partition coefficient (Wildman–Crippen LogP) is -3.58. The number of Topliss-reactive ketones (excluding diaryl/α,β-unsaturated/α-hetero) is 2. The smallest absolute Gasteiger partial charge is 0.243 e. The lowest BCUT2D eigenvalue weighted by Crippen LogP contribution is -2.56. The van der Waals surface area contributed by atoms with Crippen LogP contribution in [0.2, 0.25) is 0 Å². The summed E-state index contributed by atoms with van der Waals surface area (Å²) in [5, 5.41) is 44.0. The molecule has 2 bridgehead atoms. The number of fused-ring (bicyclic) bond motifs is 5. The topological polar surface area (TPSA) is 383 Å². The molecule has 25 nitrogen and oxygen atoms in total. The van der Waals surface area contributed by atoms with Gasteiger partial charge in [0.25, 0.3) is 0 Å². The number of nitrogens with two attached hydrogens (primary N) is 1. The summed E-state index contributed by atoms with van der Waals surface area (Å²) in [4.78, 5) is 156. The maximum Gasteiger partial charge on any atom is 0.243 e. The Morgan fingerprint density at radius 2 is 1.59 bits per heavy atom. The van der Waals surface area contributed by atoms with Gasteiger partial charge in [-0.05, 0) is 35.8 Å². The van der Waals surface area contributed by atoms with Crippen molar-refractivity contribution in [2.75, 3.05) is 51.4 Å². The number of aromatic nitrogens is 1. The second-order valence-electron chi connectivity index (χ2n) is 19.4. The number of nitrogens with one attached hydrogen (secondary N) is 6. The highest BCUT2D eigenvalue weighted by Gasteiger charge is 2.45. The van der Waals surface area contributed by atoms with Crippen LogP contribution in [0.25, 0.3) is 10.9 Å². The van der Waals surface area contributed by atoms with E-state index in [2.05, 4.69) is 31.6 Å². The van der Waals surface area contributed by atoms with Crippen LogP contribution in [0.4, 0.5) is 0 Å². The number of hydrogen-bond acceptors (Lipinski definition) is 17. The van der Waals surface area contributed by atoms with E-state index in [4.69, 9.17) is 10.5 Å². The van der Waals surface area contributed by atoms with Crippen LogP contribution in [0, 0.1) is 23.7 Å². The van der Waals surface area contributed by atoms with Gasteiger partial charge in [-0.25, -0.2) is 0 Å². The zero-order chi connectivity index (χ0) is 55.0. The Labute approximate surface area is 437 Å². The first-order valence-electron chi connectivity index (χ1n) is 24.6. The molecular weight excluding hydrogens is 1020 g/mol. The van der Waals surface area contributed by atoms with Gasteiger partial charge in [-0.1, -0.05) is 27.2 Å². The number of aliphatic hydroxyl groups excluding tert-OH is 3. The van der Waals surface area contributed by atoms with Crippen LogP contribution >= 0.6 is 11.8 Å². The predicted molar refractivity (Wildman–Crippen MR) is 267 cm³/mol. The van der Waals surface area contributed by atoms with Crippen molar-refractivity contribution in [3.05, 3.63) is 23.8 Å². The highest BCUT2D eigenvalue weighted by molar-refractivity contribution is 8.00. The highest BCUT2D eigenvalue weighted by Crippen LogP contribution is 2.33. The van der Waals surface area contributed by atoms with Gasteiger partial charge in [0, 0.05) is 62.4 Å². The number of carbonyl (C=O) groups is 11. The molecule has 0 radical (unpaired) electrons. The number of rotatable bonds is 12. The fourth-order valence-corrected chi connectivity index (χ4v) is 11.8. The molecule has 11 N–H and O–H groups in total. The number of ether oxygens (including phenoxy) is 1.